The summed E-state index contributed by atoms with van der Waals surface area (Å²) in [6.45, 7) is 5.08. The van der Waals surface area contributed by atoms with Crippen LogP contribution in [0.1, 0.15) is 13.8 Å². The van der Waals surface area contributed by atoms with Crippen LogP contribution in [0.5, 0.6) is 0 Å². The van der Waals surface area contributed by atoms with Gasteiger partial charge in [0.2, 0.25) is 0 Å². The minimum absolute atomic E-state index is 0.100. The van der Waals surface area contributed by atoms with E-state index in [2.05, 4.69) is 19.2 Å². The lowest BCUT2D eigenvalue weighted by Gasteiger charge is -2.29. The smallest absolute Gasteiger partial charge is 0.0412 e. The highest BCUT2D eigenvalue weighted by Crippen LogP contribution is 2.08. The molecule has 0 aromatic rings. The quantitative estimate of drug-likeness (QED) is 0.527. The van der Waals surface area contributed by atoms with Gasteiger partial charge in [-0.15, -0.1) is 0 Å². The number of hydrogen-bond acceptors (Lipinski definition) is 2. The highest BCUT2D eigenvalue weighted by Gasteiger charge is 2.24. The molecule has 2 nitrogen and oxygen atoms in total. The second kappa shape index (κ2) is 2.39. The number of hydrogen-bond donors (Lipinski definition) is 1. The molecule has 1 aliphatic heterocycles. The molecule has 0 spiro atoms. The topological polar surface area (TPSA) is 29.1 Å². The maximum Gasteiger partial charge on any atom is 0.0412 e. The Hall–Kier alpha value is 0.110. The van der Waals surface area contributed by atoms with Crippen LogP contribution in [0.15, 0.2) is 0 Å². The summed E-state index contributed by atoms with van der Waals surface area (Å²) >= 11 is 0. The van der Waals surface area contributed by atoms with Crippen molar-refractivity contribution in [3.8, 4) is 0 Å². The zero-order valence-corrected chi connectivity index (χ0v) is 6.75. The molecule has 9 heavy (non-hydrogen) atoms. The maximum atomic E-state index is 10.9. The largest absolute Gasteiger partial charge is 0.310 e. The van der Waals surface area contributed by atoms with E-state index in [1.165, 1.54) is 0 Å². The molecule has 0 aromatic carbocycles. The number of rotatable bonds is 0. The first-order chi connectivity index (χ1) is 4.10. The van der Waals surface area contributed by atoms with Crippen molar-refractivity contribution < 1.29 is 4.21 Å². The Kier molecular flexibility index (Phi) is 1.91. The third kappa shape index (κ3) is 2.06. The molecule has 0 aliphatic carbocycles. The minimum Gasteiger partial charge on any atom is -0.310 e. The van der Waals surface area contributed by atoms with E-state index >= 15 is 0 Å². The molecule has 1 fully saturated rings. The molecule has 1 aliphatic rings. The highest BCUT2D eigenvalue weighted by atomic mass is 32.2. The molecular formula is C6H13NOS. The van der Waals surface area contributed by atoms with Gasteiger partial charge in [0, 0.05) is 34.4 Å². The lowest BCUT2D eigenvalue weighted by molar-refractivity contribution is 0.431. The summed E-state index contributed by atoms with van der Waals surface area (Å²) in [4.78, 5) is 0. The fraction of sp³-hybridized carbons (Fsp3) is 1.00. The average Bonchev–Trinajstić information content (AvgIpc) is 1.60. The molecule has 3 heteroatoms. The van der Waals surface area contributed by atoms with Gasteiger partial charge in [-0.3, -0.25) is 4.21 Å². The second-order valence-corrected chi connectivity index (χ2v) is 4.68. The molecule has 1 heterocycles. The molecule has 0 bridgehead atoms. The van der Waals surface area contributed by atoms with Gasteiger partial charge in [0.25, 0.3) is 0 Å². The predicted octanol–water partition coefficient (Wildman–Crippen LogP) is 0.117. The van der Waals surface area contributed by atoms with Gasteiger partial charge in [-0.2, -0.15) is 0 Å². The van der Waals surface area contributed by atoms with E-state index in [-0.39, 0.29) is 5.54 Å². The Bertz CT molecular complexity index is 133. The van der Waals surface area contributed by atoms with Crippen LogP contribution in [-0.4, -0.2) is 27.8 Å². The average molecular weight is 147 g/mol. The van der Waals surface area contributed by atoms with Crippen LogP contribution in [0, 0.1) is 0 Å². The van der Waals surface area contributed by atoms with Crippen LogP contribution in [0.4, 0.5) is 0 Å². The van der Waals surface area contributed by atoms with E-state index < -0.39 is 10.8 Å². The third-order valence-corrected chi connectivity index (χ3v) is 3.16. The van der Waals surface area contributed by atoms with Gasteiger partial charge in [-0.1, -0.05) is 0 Å². The zero-order valence-electron chi connectivity index (χ0n) is 5.94. The van der Waals surface area contributed by atoms with Gasteiger partial charge < -0.3 is 5.32 Å². The first-order valence-corrected chi connectivity index (χ1v) is 4.69. The lowest BCUT2D eigenvalue weighted by Crippen LogP contribution is -2.50. The third-order valence-electron chi connectivity index (χ3n) is 1.46. The van der Waals surface area contributed by atoms with Crippen LogP contribution in [-0.2, 0) is 10.8 Å². The van der Waals surface area contributed by atoms with Crippen molar-refractivity contribution in [2.45, 2.75) is 19.4 Å². The summed E-state index contributed by atoms with van der Waals surface area (Å²) in [5, 5.41) is 3.30. The zero-order chi connectivity index (χ0) is 6.91. The Morgan fingerprint density at radius 1 is 1.56 bits per heavy atom. The molecule has 1 N–H and O–H groups in total. The van der Waals surface area contributed by atoms with Crippen molar-refractivity contribution >= 4 is 10.8 Å². The highest BCUT2D eigenvalue weighted by molar-refractivity contribution is 7.85. The van der Waals surface area contributed by atoms with Crippen molar-refractivity contribution in [3.63, 3.8) is 0 Å². The Labute approximate surface area is 58.5 Å². The summed E-state index contributed by atoms with van der Waals surface area (Å²) in [5.74, 6) is 1.62. The van der Waals surface area contributed by atoms with Crippen molar-refractivity contribution in [3.05, 3.63) is 0 Å². The van der Waals surface area contributed by atoms with Gasteiger partial charge >= 0.3 is 0 Å². The second-order valence-electron chi connectivity index (χ2n) is 3.10. The molecule has 0 saturated carbocycles. The van der Waals surface area contributed by atoms with E-state index in [1.54, 1.807) is 0 Å². The molecule has 0 aromatic heterocycles. The Balaban J connectivity index is 2.51. The monoisotopic (exact) mass is 147 g/mol. The standard InChI is InChI=1S/C6H13NOS/c1-6(2)5-9(8)4-3-7-6/h7H,3-5H2,1-2H3/t9-/m0/s1. The number of nitrogens with one attached hydrogen (secondary N) is 1. The minimum atomic E-state index is -0.572. The van der Waals surface area contributed by atoms with Crippen molar-refractivity contribution in [2.75, 3.05) is 18.1 Å². The Morgan fingerprint density at radius 2 is 2.22 bits per heavy atom. The summed E-state index contributed by atoms with van der Waals surface area (Å²) in [7, 11) is -0.572. The van der Waals surface area contributed by atoms with Crippen LogP contribution >= 0.6 is 0 Å². The molecule has 1 rings (SSSR count). The van der Waals surface area contributed by atoms with Crippen LogP contribution < -0.4 is 5.32 Å². The fourth-order valence-corrected chi connectivity index (χ4v) is 2.41. The van der Waals surface area contributed by atoms with Gasteiger partial charge in [0.1, 0.15) is 0 Å². The first-order valence-electron chi connectivity index (χ1n) is 3.20. The van der Waals surface area contributed by atoms with Crippen molar-refractivity contribution in [1.82, 2.24) is 5.32 Å². The van der Waals surface area contributed by atoms with E-state index in [0.29, 0.717) is 0 Å². The normalized spacial score (nSPS) is 34.2. The molecule has 0 radical (unpaired) electrons. The summed E-state index contributed by atoms with van der Waals surface area (Å²) in [5.41, 5.74) is 0.100. The van der Waals surface area contributed by atoms with Gasteiger partial charge in [-0.25, -0.2) is 0 Å². The summed E-state index contributed by atoms with van der Waals surface area (Å²) < 4.78 is 10.9. The van der Waals surface area contributed by atoms with Crippen LogP contribution in [0.3, 0.4) is 0 Å². The first kappa shape index (κ1) is 7.22. The molecule has 54 valence electrons. The molecule has 0 amide bonds. The summed E-state index contributed by atoms with van der Waals surface area (Å²) in [6.07, 6.45) is 0. The van der Waals surface area contributed by atoms with Gasteiger partial charge in [0.05, 0.1) is 0 Å². The van der Waals surface area contributed by atoms with E-state index in [4.69, 9.17) is 0 Å². The summed E-state index contributed by atoms with van der Waals surface area (Å²) in [6, 6.07) is 0. The predicted molar refractivity (Wildman–Crippen MR) is 40.0 cm³/mol. The van der Waals surface area contributed by atoms with Gasteiger partial charge in [-0.05, 0) is 13.8 Å². The van der Waals surface area contributed by atoms with Gasteiger partial charge in [0.15, 0.2) is 0 Å². The van der Waals surface area contributed by atoms with Crippen LogP contribution in [0.2, 0.25) is 0 Å². The Morgan fingerprint density at radius 3 is 2.56 bits per heavy atom. The molecule has 1 atom stereocenters. The van der Waals surface area contributed by atoms with E-state index in [1.807, 2.05) is 0 Å². The van der Waals surface area contributed by atoms with Crippen LogP contribution in [0.25, 0.3) is 0 Å². The lowest BCUT2D eigenvalue weighted by atomic mass is 10.1. The molecule has 0 unspecified atom stereocenters. The van der Waals surface area contributed by atoms with E-state index in [9.17, 15) is 4.21 Å². The SMILES string of the molecule is CC1(C)C[S@@](=O)CCN1. The molecular weight excluding hydrogens is 134 g/mol. The molecule has 1 saturated heterocycles. The van der Waals surface area contributed by atoms with Crippen molar-refractivity contribution in [2.24, 2.45) is 0 Å². The van der Waals surface area contributed by atoms with E-state index in [0.717, 1.165) is 18.1 Å². The maximum absolute atomic E-state index is 10.9. The van der Waals surface area contributed by atoms with Crippen molar-refractivity contribution in [1.29, 1.82) is 0 Å². The fourth-order valence-electron chi connectivity index (χ4n) is 1.03.